The molecule has 0 aliphatic heterocycles. The largest absolute Gasteiger partial charge is 0.459 e. The standard InChI is InChI=1S/C16H14N2O2S/c1-11-15(18-14-5-3-2-4-13(14)17-11)9-20-16(19)8-12-6-7-21-10-12/h2-7,10H,8-9H2,1H3. The molecular formula is C16H14N2O2S. The number of fused-ring (bicyclic) bond motifs is 1. The Labute approximate surface area is 126 Å². The quantitative estimate of drug-likeness (QED) is 0.694. The molecule has 2 heterocycles. The molecule has 0 fully saturated rings. The van der Waals surface area contributed by atoms with Gasteiger partial charge in [-0.1, -0.05) is 12.1 Å². The lowest BCUT2D eigenvalue weighted by atomic mass is 10.2. The molecule has 0 amide bonds. The Kier molecular flexibility index (Phi) is 3.92. The van der Waals surface area contributed by atoms with Crippen LogP contribution in [0.25, 0.3) is 11.0 Å². The topological polar surface area (TPSA) is 52.1 Å². The Balaban J connectivity index is 1.70. The summed E-state index contributed by atoms with van der Waals surface area (Å²) >= 11 is 1.57. The lowest BCUT2D eigenvalue weighted by molar-refractivity contribution is -0.144. The van der Waals surface area contributed by atoms with E-state index >= 15 is 0 Å². The molecule has 0 saturated heterocycles. The summed E-state index contributed by atoms with van der Waals surface area (Å²) in [5.41, 5.74) is 4.13. The van der Waals surface area contributed by atoms with Crippen molar-refractivity contribution in [2.24, 2.45) is 0 Å². The summed E-state index contributed by atoms with van der Waals surface area (Å²) in [5.74, 6) is -0.247. The predicted octanol–water partition coefficient (Wildman–Crippen LogP) is 3.29. The number of carbonyl (C=O) groups excluding carboxylic acids is 1. The predicted molar refractivity (Wildman–Crippen MR) is 82.1 cm³/mol. The van der Waals surface area contributed by atoms with Gasteiger partial charge in [-0.15, -0.1) is 0 Å². The van der Waals surface area contributed by atoms with Crippen molar-refractivity contribution in [3.63, 3.8) is 0 Å². The molecule has 0 spiro atoms. The van der Waals surface area contributed by atoms with Gasteiger partial charge in [0.05, 0.1) is 28.8 Å². The zero-order chi connectivity index (χ0) is 14.7. The molecule has 3 aromatic rings. The average Bonchev–Trinajstić information content (AvgIpc) is 2.98. The van der Waals surface area contributed by atoms with E-state index in [-0.39, 0.29) is 12.6 Å². The molecule has 3 rings (SSSR count). The van der Waals surface area contributed by atoms with Crippen molar-refractivity contribution in [3.8, 4) is 0 Å². The molecule has 0 aliphatic carbocycles. The van der Waals surface area contributed by atoms with Crippen LogP contribution in [-0.2, 0) is 22.6 Å². The molecule has 0 atom stereocenters. The highest BCUT2D eigenvalue weighted by molar-refractivity contribution is 7.07. The number of ether oxygens (including phenoxy) is 1. The van der Waals surface area contributed by atoms with Crippen LogP contribution in [-0.4, -0.2) is 15.9 Å². The number of benzene rings is 1. The average molecular weight is 298 g/mol. The smallest absolute Gasteiger partial charge is 0.310 e. The summed E-state index contributed by atoms with van der Waals surface area (Å²) in [5, 5.41) is 3.89. The molecule has 1 aromatic carbocycles. The maximum Gasteiger partial charge on any atom is 0.310 e. The minimum atomic E-state index is -0.247. The fraction of sp³-hybridized carbons (Fsp3) is 0.188. The molecule has 0 unspecified atom stereocenters. The fourth-order valence-corrected chi connectivity index (χ4v) is 2.69. The number of thiophene rings is 1. The van der Waals surface area contributed by atoms with Gasteiger partial charge in [-0.25, -0.2) is 9.97 Å². The second-order valence-electron chi connectivity index (χ2n) is 4.71. The minimum absolute atomic E-state index is 0.159. The van der Waals surface area contributed by atoms with E-state index in [0.717, 1.165) is 22.3 Å². The maximum atomic E-state index is 11.8. The third-order valence-electron chi connectivity index (χ3n) is 3.14. The van der Waals surface area contributed by atoms with Crippen molar-refractivity contribution >= 4 is 28.3 Å². The Morgan fingerprint density at radius 3 is 2.67 bits per heavy atom. The molecule has 0 bridgehead atoms. The lowest BCUT2D eigenvalue weighted by Crippen LogP contribution is -2.09. The zero-order valence-corrected chi connectivity index (χ0v) is 12.4. The molecule has 0 N–H and O–H groups in total. The second-order valence-corrected chi connectivity index (χ2v) is 5.49. The summed E-state index contributed by atoms with van der Waals surface area (Å²) < 4.78 is 5.29. The van der Waals surface area contributed by atoms with E-state index in [2.05, 4.69) is 9.97 Å². The second kappa shape index (κ2) is 6.01. The van der Waals surface area contributed by atoms with E-state index < -0.39 is 0 Å². The van der Waals surface area contributed by atoms with Gasteiger partial charge in [-0.05, 0) is 41.4 Å². The Morgan fingerprint density at radius 1 is 1.19 bits per heavy atom. The first-order chi connectivity index (χ1) is 10.2. The highest BCUT2D eigenvalue weighted by Gasteiger charge is 2.09. The van der Waals surface area contributed by atoms with Gasteiger partial charge >= 0.3 is 5.97 Å². The van der Waals surface area contributed by atoms with Crippen LogP contribution in [0.1, 0.15) is 17.0 Å². The lowest BCUT2D eigenvalue weighted by Gasteiger charge is -2.07. The molecule has 0 radical (unpaired) electrons. The first-order valence-corrected chi connectivity index (χ1v) is 7.55. The van der Waals surface area contributed by atoms with E-state index in [0.29, 0.717) is 12.1 Å². The van der Waals surface area contributed by atoms with Crippen molar-refractivity contribution < 1.29 is 9.53 Å². The normalized spacial score (nSPS) is 10.7. The van der Waals surface area contributed by atoms with Gasteiger partial charge in [0.15, 0.2) is 0 Å². The molecule has 106 valence electrons. The Bertz CT molecular complexity index is 769. The molecule has 21 heavy (non-hydrogen) atoms. The summed E-state index contributed by atoms with van der Waals surface area (Å²) in [6.45, 7) is 2.04. The van der Waals surface area contributed by atoms with Crippen LogP contribution in [0.15, 0.2) is 41.1 Å². The van der Waals surface area contributed by atoms with E-state index in [1.54, 1.807) is 11.3 Å². The summed E-state index contributed by atoms with van der Waals surface area (Å²) in [6, 6.07) is 9.59. The molecule has 4 nitrogen and oxygen atoms in total. The highest BCUT2D eigenvalue weighted by atomic mass is 32.1. The van der Waals surface area contributed by atoms with Crippen molar-refractivity contribution in [2.75, 3.05) is 0 Å². The van der Waals surface area contributed by atoms with Gasteiger partial charge in [0.25, 0.3) is 0 Å². The minimum Gasteiger partial charge on any atom is -0.459 e. The van der Waals surface area contributed by atoms with Crippen molar-refractivity contribution in [1.82, 2.24) is 9.97 Å². The van der Waals surface area contributed by atoms with Crippen LogP contribution in [0.5, 0.6) is 0 Å². The van der Waals surface area contributed by atoms with Gasteiger partial charge in [0.1, 0.15) is 6.61 Å². The van der Waals surface area contributed by atoms with Crippen molar-refractivity contribution in [1.29, 1.82) is 0 Å². The van der Waals surface area contributed by atoms with Crippen LogP contribution >= 0.6 is 11.3 Å². The van der Waals surface area contributed by atoms with Crippen LogP contribution in [0, 0.1) is 6.92 Å². The first kappa shape index (κ1) is 13.7. The zero-order valence-electron chi connectivity index (χ0n) is 11.6. The SMILES string of the molecule is Cc1nc2ccccc2nc1COC(=O)Cc1ccsc1. The van der Waals surface area contributed by atoms with Gasteiger partial charge in [0, 0.05) is 0 Å². The van der Waals surface area contributed by atoms with Gasteiger partial charge < -0.3 is 4.74 Å². The number of esters is 1. The third-order valence-corrected chi connectivity index (χ3v) is 3.87. The number of hydrogen-bond acceptors (Lipinski definition) is 5. The van der Waals surface area contributed by atoms with Crippen molar-refractivity contribution in [3.05, 3.63) is 58.0 Å². The number of hydrogen-bond donors (Lipinski definition) is 0. The summed E-state index contributed by atoms with van der Waals surface area (Å²) in [6.07, 6.45) is 0.295. The monoisotopic (exact) mass is 298 g/mol. The number of nitrogens with zero attached hydrogens (tertiary/aromatic N) is 2. The molecule has 0 aliphatic rings. The van der Waals surface area contributed by atoms with Crippen molar-refractivity contribution in [2.45, 2.75) is 20.0 Å². The Hall–Kier alpha value is -2.27. The first-order valence-electron chi connectivity index (χ1n) is 6.61. The maximum absolute atomic E-state index is 11.8. The number of aromatic nitrogens is 2. The Morgan fingerprint density at radius 2 is 1.95 bits per heavy atom. The van der Waals surface area contributed by atoms with Crippen LogP contribution < -0.4 is 0 Å². The van der Waals surface area contributed by atoms with Crippen LogP contribution in [0.2, 0.25) is 0 Å². The van der Waals surface area contributed by atoms with E-state index in [4.69, 9.17) is 4.74 Å². The molecule has 2 aromatic heterocycles. The fourth-order valence-electron chi connectivity index (χ4n) is 2.02. The number of rotatable bonds is 4. The molecular weight excluding hydrogens is 284 g/mol. The van der Waals surface area contributed by atoms with Gasteiger partial charge in [0.2, 0.25) is 0 Å². The van der Waals surface area contributed by atoms with E-state index in [9.17, 15) is 4.79 Å². The summed E-state index contributed by atoms with van der Waals surface area (Å²) in [7, 11) is 0. The van der Waals surface area contributed by atoms with Gasteiger partial charge in [-0.2, -0.15) is 11.3 Å². The third kappa shape index (κ3) is 3.25. The van der Waals surface area contributed by atoms with E-state index in [1.807, 2.05) is 48.0 Å². The van der Waals surface area contributed by atoms with Gasteiger partial charge in [-0.3, -0.25) is 4.79 Å². The molecule has 5 heteroatoms. The number of aryl methyl sites for hydroxylation is 1. The number of carbonyl (C=O) groups is 1. The number of para-hydroxylation sites is 2. The molecule has 0 saturated carbocycles. The highest BCUT2D eigenvalue weighted by Crippen LogP contribution is 2.13. The summed E-state index contributed by atoms with van der Waals surface area (Å²) in [4.78, 5) is 20.8. The van der Waals surface area contributed by atoms with Crippen LogP contribution in [0.4, 0.5) is 0 Å². The van der Waals surface area contributed by atoms with E-state index in [1.165, 1.54) is 0 Å². The van der Waals surface area contributed by atoms with Crippen LogP contribution in [0.3, 0.4) is 0 Å².